The van der Waals surface area contributed by atoms with Crippen molar-refractivity contribution >= 4 is 6.03 Å². The van der Waals surface area contributed by atoms with Crippen LogP contribution in [0.4, 0.5) is 9.18 Å². The van der Waals surface area contributed by atoms with Crippen molar-refractivity contribution in [1.82, 2.24) is 10.6 Å². The molecule has 1 atom stereocenters. The second kappa shape index (κ2) is 8.14. The summed E-state index contributed by atoms with van der Waals surface area (Å²) in [5.41, 5.74) is 1.71. The average Bonchev–Trinajstić information content (AvgIpc) is 2.54. The fraction of sp³-hybridized carbons (Fsp3) is 0.235. The van der Waals surface area contributed by atoms with Crippen molar-refractivity contribution in [3.05, 3.63) is 71.5 Å². The summed E-state index contributed by atoms with van der Waals surface area (Å²) in [6.45, 7) is 0.713. The number of amides is 2. The van der Waals surface area contributed by atoms with Crippen molar-refractivity contribution in [3.8, 4) is 0 Å². The minimum absolute atomic E-state index is 0.264. The molecule has 0 aromatic heterocycles. The van der Waals surface area contributed by atoms with E-state index in [0.717, 1.165) is 5.56 Å². The summed E-state index contributed by atoms with van der Waals surface area (Å²) in [5.74, 6) is -0.326. The molecule has 4 nitrogen and oxygen atoms in total. The largest absolute Gasteiger partial charge is 0.375 e. The van der Waals surface area contributed by atoms with Gasteiger partial charge in [0, 0.05) is 20.2 Å². The molecule has 0 aliphatic rings. The van der Waals surface area contributed by atoms with Gasteiger partial charge < -0.3 is 15.4 Å². The number of hydrogen-bond donors (Lipinski definition) is 2. The molecule has 0 heterocycles. The standard InChI is InChI=1S/C17H19FN2O2/c1-22-16(14-8-5-9-15(18)10-14)12-20-17(21)19-11-13-6-3-2-4-7-13/h2-10,16H,11-12H2,1H3,(H2,19,20,21). The molecule has 2 N–H and O–H groups in total. The Morgan fingerprint density at radius 1 is 1.14 bits per heavy atom. The van der Waals surface area contributed by atoms with E-state index >= 15 is 0 Å². The van der Waals surface area contributed by atoms with E-state index in [1.807, 2.05) is 30.3 Å². The number of ether oxygens (including phenoxy) is 1. The minimum atomic E-state index is -0.391. The first-order valence-corrected chi connectivity index (χ1v) is 7.03. The summed E-state index contributed by atoms with van der Waals surface area (Å²) in [4.78, 5) is 11.8. The van der Waals surface area contributed by atoms with E-state index in [2.05, 4.69) is 10.6 Å². The van der Waals surface area contributed by atoms with Crippen LogP contribution < -0.4 is 10.6 Å². The number of rotatable bonds is 6. The van der Waals surface area contributed by atoms with Gasteiger partial charge in [-0.3, -0.25) is 0 Å². The highest BCUT2D eigenvalue weighted by Crippen LogP contribution is 2.16. The molecule has 0 fully saturated rings. The van der Waals surface area contributed by atoms with Gasteiger partial charge >= 0.3 is 6.03 Å². The Labute approximate surface area is 129 Å². The van der Waals surface area contributed by atoms with Crippen molar-refractivity contribution < 1.29 is 13.9 Å². The summed E-state index contributed by atoms with van der Waals surface area (Å²) < 4.78 is 18.5. The lowest BCUT2D eigenvalue weighted by atomic mass is 10.1. The third-order valence-corrected chi connectivity index (χ3v) is 3.25. The fourth-order valence-corrected chi connectivity index (χ4v) is 2.07. The van der Waals surface area contributed by atoms with Crippen LogP contribution in [0.15, 0.2) is 54.6 Å². The molecule has 0 radical (unpaired) electrons. The maximum absolute atomic E-state index is 13.2. The van der Waals surface area contributed by atoms with Crippen LogP contribution in [0.25, 0.3) is 0 Å². The summed E-state index contributed by atoms with van der Waals surface area (Å²) in [7, 11) is 1.53. The summed E-state index contributed by atoms with van der Waals surface area (Å²) in [6, 6.07) is 15.5. The Kier molecular flexibility index (Phi) is 5.91. The zero-order valence-electron chi connectivity index (χ0n) is 12.4. The van der Waals surface area contributed by atoms with Crippen LogP contribution in [0, 0.1) is 5.82 Å². The van der Waals surface area contributed by atoms with Gasteiger partial charge in [-0.25, -0.2) is 9.18 Å². The molecule has 0 saturated carbocycles. The number of nitrogens with one attached hydrogen (secondary N) is 2. The van der Waals surface area contributed by atoms with Gasteiger partial charge in [0.2, 0.25) is 0 Å². The van der Waals surface area contributed by atoms with Gasteiger partial charge in [-0.05, 0) is 23.3 Å². The number of methoxy groups -OCH3 is 1. The topological polar surface area (TPSA) is 50.4 Å². The Morgan fingerprint density at radius 3 is 2.59 bits per heavy atom. The van der Waals surface area contributed by atoms with Crippen LogP contribution in [0.5, 0.6) is 0 Å². The number of carbonyl (C=O) groups excluding carboxylic acids is 1. The molecule has 0 aliphatic heterocycles. The SMILES string of the molecule is COC(CNC(=O)NCc1ccccc1)c1cccc(F)c1. The second-order valence-corrected chi connectivity index (χ2v) is 4.83. The number of benzene rings is 2. The van der Waals surface area contributed by atoms with Crippen LogP contribution in [0.3, 0.4) is 0 Å². The number of halogens is 1. The molecule has 0 saturated heterocycles. The van der Waals surface area contributed by atoms with Crippen LogP contribution >= 0.6 is 0 Å². The van der Waals surface area contributed by atoms with Crippen molar-refractivity contribution in [1.29, 1.82) is 0 Å². The predicted octanol–water partition coefficient (Wildman–Crippen LogP) is 3.01. The van der Waals surface area contributed by atoms with Crippen LogP contribution in [0.1, 0.15) is 17.2 Å². The van der Waals surface area contributed by atoms with E-state index in [9.17, 15) is 9.18 Å². The van der Waals surface area contributed by atoms with Crippen LogP contribution in [0.2, 0.25) is 0 Å². The monoisotopic (exact) mass is 302 g/mol. The van der Waals surface area contributed by atoms with E-state index in [0.29, 0.717) is 12.1 Å². The van der Waals surface area contributed by atoms with Crippen LogP contribution in [-0.4, -0.2) is 19.7 Å². The maximum Gasteiger partial charge on any atom is 0.315 e. The molecule has 2 rings (SSSR count). The molecule has 1 unspecified atom stereocenters. The van der Waals surface area contributed by atoms with Gasteiger partial charge in [0.1, 0.15) is 5.82 Å². The Hall–Kier alpha value is -2.40. The van der Waals surface area contributed by atoms with E-state index in [-0.39, 0.29) is 18.4 Å². The number of urea groups is 1. The normalized spacial score (nSPS) is 11.7. The zero-order valence-corrected chi connectivity index (χ0v) is 12.4. The molecule has 2 aromatic rings. The summed E-state index contributed by atoms with van der Waals surface area (Å²) in [5, 5.41) is 5.49. The number of carbonyl (C=O) groups is 1. The van der Waals surface area contributed by atoms with Gasteiger partial charge in [0.15, 0.2) is 0 Å². The lowest BCUT2D eigenvalue weighted by molar-refractivity contribution is 0.103. The molecule has 0 spiro atoms. The van der Waals surface area contributed by atoms with E-state index in [1.165, 1.54) is 19.2 Å². The average molecular weight is 302 g/mol. The van der Waals surface area contributed by atoms with Gasteiger partial charge in [0.05, 0.1) is 6.10 Å². The van der Waals surface area contributed by atoms with Gasteiger partial charge in [-0.15, -0.1) is 0 Å². The first-order chi connectivity index (χ1) is 10.7. The highest BCUT2D eigenvalue weighted by Gasteiger charge is 2.12. The smallest absolute Gasteiger partial charge is 0.315 e. The third-order valence-electron chi connectivity index (χ3n) is 3.25. The van der Waals surface area contributed by atoms with E-state index < -0.39 is 6.10 Å². The number of hydrogen-bond acceptors (Lipinski definition) is 2. The second-order valence-electron chi connectivity index (χ2n) is 4.83. The Morgan fingerprint density at radius 2 is 1.91 bits per heavy atom. The molecule has 0 bridgehead atoms. The fourth-order valence-electron chi connectivity index (χ4n) is 2.07. The third kappa shape index (κ3) is 4.86. The van der Waals surface area contributed by atoms with Crippen molar-refractivity contribution in [3.63, 3.8) is 0 Å². The highest BCUT2D eigenvalue weighted by molar-refractivity contribution is 5.73. The van der Waals surface area contributed by atoms with E-state index in [4.69, 9.17) is 4.74 Å². The van der Waals surface area contributed by atoms with Crippen molar-refractivity contribution in [2.24, 2.45) is 0 Å². The first kappa shape index (κ1) is 16.0. The van der Waals surface area contributed by atoms with Gasteiger partial charge in [-0.2, -0.15) is 0 Å². The van der Waals surface area contributed by atoms with E-state index in [1.54, 1.807) is 12.1 Å². The molecule has 5 heteroatoms. The van der Waals surface area contributed by atoms with Gasteiger partial charge in [-0.1, -0.05) is 42.5 Å². The molecular weight excluding hydrogens is 283 g/mol. The first-order valence-electron chi connectivity index (χ1n) is 7.03. The lowest BCUT2D eigenvalue weighted by Crippen LogP contribution is -2.37. The zero-order chi connectivity index (χ0) is 15.8. The summed E-state index contributed by atoms with van der Waals surface area (Å²) >= 11 is 0. The molecule has 116 valence electrons. The quantitative estimate of drug-likeness (QED) is 0.862. The molecule has 2 amide bonds. The predicted molar refractivity (Wildman–Crippen MR) is 82.8 cm³/mol. The highest BCUT2D eigenvalue weighted by atomic mass is 19.1. The Bertz CT molecular complexity index is 605. The molecule has 0 aliphatic carbocycles. The Balaban J connectivity index is 1.81. The van der Waals surface area contributed by atoms with Crippen molar-refractivity contribution in [2.75, 3.05) is 13.7 Å². The summed E-state index contributed by atoms with van der Waals surface area (Å²) in [6.07, 6.45) is -0.391. The molecule has 22 heavy (non-hydrogen) atoms. The van der Waals surface area contributed by atoms with Crippen molar-refractivity contribution in [2.45, 2.75) is 12.6 Å². The lowest BCUT2D eigenvalue weighted by Gasteiger charge is -2.17. The van der Waals surface area contributed by atoms with Gasteiger partial charge in [0.25, 0.3) is 0 Å². The maximum atomic E-state index is 13.2. The molecule has 2 aromatic carbocycles. The molecular formula is C17H19FN2O2. The minimum Gasteiger partial charge on any atom is -0.375 e. The van der Waals surface area contributed by atoms with Crippen LogP contribution in [-0.2, 0) is 11.3 Å².